The van der Waals surface area contributed by atoms with E-state index in [1.165, 1.54) is 22.3 Å². The highest BCUT2D eigenvalue weighted by Gasteiger charge is 2.44. The number of rotatable bonds is 6. The number of nitrogens with zero attached hydrogens (tertiary/aromatic N) is 3. The van der Waals surface area contributed by atoms with Crippen molar-refractivity contribution in [1.29, 1.82) is 0 Å². The maximum Gasteiger partial charge on any atom is 0.226 e. The van der Waals surface area contributed by atoms with Crippen LogP contribution in [0.1, 0.15) is 48.6 Å². The van der Waals surface area contributed by atoms with Gasteiger partial charge in [-0.1, -0.05) is 55.5 Å². The van der Waals surface area contributed by atoms with Crippen molar-refractivity contribution in [3.63, 3.8) is 0 Å². The van der Waals surface area contributed by atoms with E-state index >= 15 is 0 Å². The fourth-order valence-corrected chi connectivity index (χ4v) is 5.79. The molecule has 9 nitrogen and oxygen atoms in total. The van der Waals surface area contributed by atoms with Crippen molar-refractivity contribution in [2.75, 3.05) is 11.9 Å². The van der Waals surface area contributed by atoms with Crippen LogP contribution >= 0.6 is 11.6 Å². The summed E-state index contributed by atoms with van der Waals surface area (Å²) >= 11 is 6.25. The number of carbonyl (C=O) groups is 1. The van der Waals surface area contributed by atoms with Crippen LogP contribution in [-0.2, 0) is 4.79 Å². The predicted octanol–water partition coefficient (Wildman–Crippen LogP) is 3.33. The van der Waals surface area contributed by atoms with Gasteiger partial charge in [0.1, 0.15) is 17.4 Å². The smallest absolute Gasteiger partial charge is 0.226 e. The first-order valence-corrected chi connectivity index (χ1v) is 12.8. The molecule has 37 heavy (non-hydrogen) atoms. The SMILES string of the molecule is CCC(=O)N[C@H]1C[C@H](c2nc3nc(Cl)nc(NCC4c5ccccc5-c5ccccc54)c3[nH]2)[C@H](O)[C@@H]1O. The van der Waals surface area contributed by atoms with Crippen LogP contribution in [0, 0.1) is 0 Å². The number of halogens is 1. The van der Waals surface area contributed by atoms with Gasteiger partial charge in [0.15, 0.2) is 11.5 Å². The molecule has 1 fully saturated rings. The quantitative estimate of drug-likeness (QED) is 0.247. The number of carbonyl (C=O) groups excluding carboxylic acids is 1. The summed E-state index contributed by atoms with van der Waals surface area (Å²) in [5.41, 5.74) is 5.91. The van der Waals surface area contributed by atoms with Crippen LogP contribution in [0.3, 0.4) is 0 Å². The van der Waals surface area contributed by atoms with E-state index in [1.807, 2.05) is 0 Å². The van der Waals surface area contributed by atoms with Crippen molar-refractivity contribution in [3.8, 4) is 11.1 Å². The first kappa shape index (κ1) is 23.8. The zero-order valence-corrected chi connectivity index (χ0v) is 20.9. The first-order valence-electron chi connectivity index (χ1n) is 12.4. The minimum absolute atomic E-state index is 0.0559. The number of aliphatic hydroxyl groups excluding tert-OH is 2. The summed E-state index contributed by atoms with van der Waals surface area (Å²) in [6.07, 6.45) is -1.54. The minimum Gasteiger partial charge on any atom is -0.390 e. The normalized spacial score (nSPS) is 22.7. The van der Waals surface area contributed by atoms with Crippen molar-refractivity contribution in [2.45, 2.75) is 49.9 Å². The van der Waals surface area contributed by atoms with E-state index in [9.17, 15) is 15.0 Å². The molecule has 10 heteroatoms. The third-order valence-corrected chi connectivity index (χ3v) is 7.65. The molecule has 2 aromatic heterocycles. The molecule has 2 aliphatic rings. The molecule has 6 rings (SSSR count). The molecule has 0 radical (unpaired) electrons. The van der Waals surface area contributed by atoms with Crippen molar-refractivity contribution in [2.24, 2.45) is 0 Å². The molecular formula is C27H27ClN6O3. The van der Waals surface area contributed by atoms with Gasteiger partial charge in [-0.2, -0.15) is 9.97 Å². The van der Waals surface area contributed by atoms with Gasteiger partial charge in [-0.3, -0.25) is 4.79 Å². The number of aliphatic hydroxyl groups is 2. The van der Waals surface area contributed by atoms with Crippen molar-refractivity contribution in [1.82, 2.24) is 25.3 Å². The van der Waals surface area contributed by atoms with Crippen LogP contribution in [0.5, 0.6) is 0 Å². The first-order chi connectivity index (χ1) is 17.9. The number of aromatic nitrogens is 4. The molecule has 4 aromatic rings. The molecule has 0 saturated heterocycles. The second-order valence-corrected chi connectivity index (χ2v) is 9.96. The van der Waals surface area contributed by atoms with Crippen molar-refractivity contribution < 1.29 is 15.0 Å². The average molecular weight is 519 g/mol. The molecule has 2 aliphatic carbocycles. The lowest BCUT2D eigenvalue weighted by atomic mass is 9.97. The Bertz CT molecular complexity index is 1440. The van der Waals surface area contributed by atoms with Crippen LogP contribution < -0.4 is 10.6 Å². The lowest BCUT2D eigenvalue weighted by molar-refractivity contribution is -0.122. The summed E-state index contributed by atoms with van der Waals surface area (Å²) in [5, 5.41) is 27.5. The van der Waals surface area contributed by atoms with Crippen LogP contribution in [0.25, 0.3) is 22.3 Å². The molecule has 5 N–H and O–H groups in total. The van der Waals surface area contributed by atoms with Gasteiger partial charge in [0.25, 0.3) is 0 Å². The van der Waals surface area contributed by atoms with Gasteiger partial charge in [-0.15, -0.1) is 0 Å². The number of hydrogen-bond acceptors (Lipinski definition) is 7. The lowest BCUT2D eigenvalue weighted by Crippen LogP contribution is -2.42. The monoisotopic (exact) mass is 518 g/mol. The number of aromatic amines is 1. The standard InChI is InChI=1S/C27H27ClN6O3/c1-2-20(35)30-19-11-17(22(36)23(19)37)24-31-21-25(33-27(28)34-26(21)32-24)29-12-18-15-9-5-3-7-13(15)14-8-4-6-10-16(14)18/h3-10,17-19,22-23,36-37H,2,11-12H2,1H3,(H,30,35)(H2,29,31,32,33,34)/t17-,19-,22-,23+/m0/s1. The molecule has 2 heterocycles. The van der Waals surface area contributed by atoms with Crippen molar-refractivity contribution in [3.05, 3.63) is 70.8 Å². The minimum atomic E-state index is -1.09. The van der Waals surface area contributed by atoms with E-state index in [4.69, 9.17) is 11.6 Å². The van der Waals surface area contributed by atoms with Gasteiger partial charge >= 0.3 is 0 Å². The molecule has 1 amide bonds. The zero-order valence-electron chi connectivity index (χ0n) is 20.1. The molecule has 0 bridgehead atoms. The highest BCUT2D eigenvalue weighted by atomic mass is 35.5. The molecule has 4 atom stereocenters. The van der Waals surface area contributed by atoms with E-state index in [1.54, 1.807) is 6.92 Å². The van der Waals surface area contributed by atoms with E-state index < -0.39 is 24.2 Å². The highest BCUT2D eigenvalue weighted by molar-refractivity contribution is 6.28. The molecule has 0 spiro atoms. The zero-order chi connectivity index (χ0) is 25.7. The number of amides is 1. The summed E-state index contributed by atoms with van der Waals surface area (Å²) in [5.74, 6) is 0.422. The lowest BCUT2D eigenvalue weighted by Gasteiger charge is -2.17. The van der Waals surface area contributed by atoms with Gasteiger partial charge in [-0.25, -0.2) is 4.98 Å². The average Bonchev–Trinajstić information content (AvgIpc) is 3.55. The molecule has 1 saturated carbocycles. The van der Waals surface area contributed by atoms with Gasteiger partial charge in [0.2, 0.25) is 11.2 Å². The summed E-state index contributed by atoms with van der Waals surface area (Å²) in [7, 11) is 0. The third kappa shape index (κ3) is 4.13. The Morgan fingerprint density at radius 3 is 2.38 bits per heavy atom. The molecule has 0 unspecified atom stereocenters. The molecule has 2 aromatic carbocycles. The van der Waals surface area contributed by atoms with Gasteiger partial charge < -0.3 is 25.8 Å². The van der Waals surface area contributed by atoms with E-state index in [2.05, 4.69) is 79.1 Å². The Morgan fingerprint density at radius 1 is 1.03 bits per heavy atom. The summed E-state index contributed by atoms with van der Waals surface area (Å²) in [4.78, 5) is 28.3. The number of nitrogens with one attached hydrogen (secondary N) is 3. The Hall–Kier alpha value is -3.53. The van der Waals surface area contributed by atoms with E-state index in [0.717, 1.165) is 0 Å². The predicted molar refractivity (Wildman–Crippen MR) is 140 cm³/mol. The van der Waals surface area contributed by atoms with Crippen LogP contribution in [0.4, 0.5) is 5.82 Å². The Kier molecular flexibility index (Phi) is 6.06. The second kappa shape index (κ2) is 9.41. The largest absolute Gasteiger partial charge is 0.390 e. The van der Waals surface area contributed by atoms with Gasteiger partial charge in [-0.05, 0) is 40.3 Å². The summed E-state index contributed by atoms with van der Waals surface area (Å²) < 4.78 is 0. The Labute approximate surface area is 218 Å². The van der Waals surface area contributed by atoms with Crippen molar-refractivity contribution >= 4 is 34.5 Å². The Morgan fingerprint density at radius 2 is 1.70 bits per heavy atom. The van der Waals surface area contributed by atoms with Crippen LogP contribution in [-0.4, -0.2) is 60.9 Å². The Balaban J connectivity index is 1.28. The summed E-state index contributed by atoms with van der Waals surface area (Å²) in [6.45, 7) is 2.32. The summed E-state index contributed by atoms with van der Waals surface area (Å²) in [6, 6.07) is 16.2. The van der Waals surface area contributed by atoms with Crippen LogP contribution in [0.15, 0.2) is 48.5 Å². The molecule has 0 aliphatic heterocycles. The number of imidazole rings is 1. The fourth-order valence-electron chi connectivity index (χ4n) is 5.63. The number of H-pyrrole nitrogens is 1. The maximum atomic E-state index is 11.9. The highest BCUT2D eigenvalue weighted by Crippen LogP contribution is 2.44. The van der Waals surface area contributed by atoms with Crippen LogP contribution in [0.2, 0.25) is 5.28 Å². The van der Waals surface area contributed by atoms with Gasteiger partial charge in [0, 0.05) is 24.8 Å². The maximum absolute atomic E-state index is 11.9. The number of fused-ring (bicyclic) bond motifs is 4. The van der Waals surface area contributed by atoms with E-state index in [-0.39, 0.29) is 17.1 Å². The number of benzene rings is 2. The fraction of sp³-hybridized carbons (Fsp3) is 0.333. The second-order valence-electron chi connectivity index (χ2n) is 9.62. The number of hydrogen-bond donors (Lipinski definition) is 5. The van der Waals surface area contributed by atoms with Gasteiger partial charge in [0.05, 0.1) is 12.1 Å². The molecule has 190 valence electrons. The molecular weight excluding hydrogens is 492 g/mol. The topological polar surface area (TPSA) is 136 Å². The number of anilines is 1. The van der Waals surface area contributed by atoms with E-state index in [0.29, 0.717) is 42.2 Å². The third-order valence-electron chi connectivity index (χ3n) is 7.48.